The van der Waals surface area contributed by atoms with Gasteiger partial charge in [0.1, 0.15) is 17.2 Å². The van der Waals surface area contributed by atoms with Gasteiger partial charge in [-0.25, -0.2) is 23.7 Å². The molecule has 0 unspecified atom stereocenters. The van der Waals surface area contributed by atoms with Gasteiger partial charge in [-0.1, -0.05) is 6.07 Å². The maximum atomic E-state index is 15.3. The number of nitrogens with zero attached hydrogens (tertiary/aromatic N) is 3. The quantitative estimate of drug-likeness (QED) is 0.416. The zero-order chi connectivity index (χ0) is 21.4. The van der Waals surface area contributed by atoms with Crippen molar-refractivity contribution in [1.82, 2.24) is 19.9 Å². The van der Waals surface area contributed by atoms with Crippen molar-refractivity contribution in [2.24, 2.45) is 5.92 Å². The number of nitrogens with one attached hydrogen (secondary N) is 2. The van der Waals surface area contributed by atoms with E-state index in [2.05, 4.69) is 25.3 Å². The van der Waals surface area contributed by atoms with Crippen LogP contribution in [0.25, 0.3) is 33.0 Å². The van der Waals surface area contributed by atoms with Crippen molar-refractivity contribution in [3.63, 3.8) is 0 Å². The monoisotopic (exact) mass is 429 g/mol. The highest BCUT2D eigenvalue weighted by Gasteiger charge is 2.24. The first-order chi connectivity index (χ1) is 14.3. The molecule has 4 rings (SSSR count). The number of halogens is 2. The fraction of sp³-hybridized carbons (Fsp3) is 0.200. The standard InChI is InChI=1S/C20H17F2N5O2S/c1-9(20(28)29)10(2)25-19-15(22)16(14-4-3-5-30-14)26-18(27-19)13-8-24-17-12(13)6-11(21)7-23-17/h3-10H,1-2H3,(H,23,24)(H,28,29)(H,25,26,27)/t9-,10-/m0/s1. The van der Waals surface area contributed by atoms with Gasteiger partial charge in [0.25, 0.3) is 0 Å². The van der Waals surface area contributed by atoms with Gasteiger partial charge in [0.05, 0.1) is 17.0 Å². The summed E-state index contributed by atoms with van der Waals surface area (Å²) in [5.41, 5.74) is 0.975. The number of hydrogen-bond acceptors (Lipinski definition) is 6. The highest BCUT2D eigenvalue weighted by molar-refractivity contribution is 7.13. The molecule has 0 aliphatic rings. The summed E-state index contributed by atoms with van der Waals surface area (Å²) >= 11 is 1.31. The van der Waals surface area contributed by atoms with Gasteiger partial charge in [-0.05, 0) is 31.4 Å². The van der Waals surface area contributed by atoms with Crippen LogP contribution in [0.2, 0.25) is 0 Å². The molecular weight excluding hydrogens is 412 g/mol. The van der Waals surface area contributed by atoms with E-state index in [4.69, 9.17) is 0 Å². The molecule has 30 heavy (non-hydrogen) atoms. The van der Waals surface area contributed by atoms with Gasteiger partial charge in [0, 0.05) is 23.2 Å². The second-order valence-corrected chi connectivity index (χ2v) is 7.80. The molecule has 4 heterocycles. The van der Waals surface area contributed by atoms with Crippen LogP contribution < -0.4 is 5.32 Å². The Balaban J connectivity index is 1.87. The summed E-state index contributed by atoms with van der Waals surface area (Å²) in [5, 5.41) is 14.3. The first-order valence-electron chi connectivity index (χ1n) is 9.09. The zero-order valence-corrected chi connectivity index (χ0v) is 16.8. The number of carboxylic acid groups (broad SMARTS) is 1. The van der Waals surface area contributed by atoms with Crippen molar-refractivity contribution in [1.29, 1.82) is 0 Å². The SMILES string of the molecule is C[C@H](Nc1nc(-c2c[nH]c3ncc(F)cc23)nc(-c2cccs2)c1F)[C@H](C)C(=O)O. The Morgan fingerprint density at radius 2 is 2.10 bits per heavy atom. The Morgan fingerprint density at radius 1 is 1.30 bits per heavy atom. The van der Waals surface area contributed by atoms with E-state index in [1.54, 1.807) is 30.6 Å². The summed E-state index contributed by atoms with van der Waals surface area (Å²) in [6.07, 6.45) is 2.67. The van der Waals surface area contributed by atoms with Crippen LogP contribution in [0, 0.1) is 17.6 Å². The Morgan fingerprint density at radius 3 is 2.80 bits per heavy atom. The molecule has 0 saturated carbocycles. The summed E-state index contributed by atoms with van der Waals surface area (Å²) in [7, 11) is 0. The number of aromatic amines is 1. The summed E-state index contributed by atoms with van der Waals surface area (Å²) in [6, 6.07) is 4.20. The lowest BCUT2D eigenvalue weighted by Crippen LogP contribution is -2.30. The molecule has 0 amide bonds. The Bertz CT molecular complexity index is 1230. The Hall–Kier alpha value is -3.40. The summed E-state index contributed by atoms with van der Waals surface area (Å²) in [5.74, 6) is -2.96. The first-order valence-corrected chi connectivity index (χ1v) is 9.97. The average molecular weight is 429 g/mol. The second kappa shape index (κ2) is 7.79. The molecule has 10 heteroatoms. The maximum absolute atomic E-state index is 15.3. The molecule has 0 radical (unpaired) electrons. The molecule has 7 nitrogen and oxygen atoms in total. The smallest absolute Gasteiger partial charge is 0.308 e. The lowest BCUT2D eigenvalue weighted by atomic mass is 10.0. The van der Waals surface area contributed by atoms with Gasteiger partial charge in [0.2, 0.25) is 0 Å². The van der Waals surface area contributed by atoms with Gasteiger partial charge in [-0.2, -0.15) is 0 Å². The third kappa shape index (κ3) is 3.61. The van der Waals surface area contributed by atoms with Gasteiger partial charge in [-0.3, -0.25) is 4.79 Å². The van der Waals surface area contributed by atoms with E-state index in [9.17, 15) is 14.3 Å². The van der Waals surface area contributed by atoms with Gasteiger partial charge in [0.15, 0.2) is 17.5 Å². The largest absolute Gasteiger partial charge is 0.481 e. The number of carboxylic acids is 1. The van der Waals surface area contributed by atoms with Crippen molar-refractivity contribution >= 4 is 34.2 Å². The minimum Gasteiger partial charge on any atom is -0.481 e. The maximum Gasteiger partial charge on any atom is 0.308 e. The number of aromatic nitrogens is 4. The summed E-state index contributed by atoms with van der Waals surface area (Å²) in [4.78, 5) is 27.5. The minimum atomic E-state index is -1.01. The number of hydrogen-bond donors (Lipinski definition) is 3. The fourth-order valence-corrected chi connectivity index (χ4v) is 3.66. The van der Waals surface area contributed by atoms with Crippen LogP contribution in [-0.2, 0) is 4.79 Å². The van der Waals surface area contributed by atoms with E-state index in [1.807, 2.05) is 0 Å². The number of pyridine rings is 1. The number of H-pyrrole nitrogens is 1. The van der Waals surface area contributed by atoms with Crippen molar-refractivity contribution in [3.05, 3.63) is 47.6 Å². The van der Waals surface area contributed by atoms with E-state index in [1.165, 1.54) is 24.3 Å². The molecule has 4 aromatic rings. The van der Waals surface area contributed by atoms with Crippen LogP contribution in [0.15, 0.2) is 36.0 Å². The van der Waals surface area contributed by atoms with E-state index in [0.29, 0.717) is 21.5 Å². The molecule has 0 aromatic carbocycles. The van der Waals surface area contributed by atoms with Crippen LogP contribution >= 0.6 is 11.3 Å². The number of aliphatic carboxylic acids is 1. The van der Waals surface area contributed by atoms with Crippen LogP contribution in [-0.4, -0.2) is 37.1 Å². The molecule has 0 bridgehead atoms. The highest BCUT2D eigenvalue weighted by Crippen LogP contribution is 2.33. The zero-order valence-electron chi connectivity index (χ0n) is 16.0. The molecule has 3 N–H and O–H groups in total. The molecule has 4 aromatic heterocycles. The van der Waals surface area contributed by atoms with Gasteiger partial charge in [-0.15, -0.1) is 11.3 Å². The van der Waals surface area contributed by atoms with Crippen LogP contribution in [0.3, 0.4) is 0 Å². The second-order valence-electron chi connectivity index (χ2n) is 6.85. The van der Waals surface area contributed by atoms with Gasteiger partial charge >= 0.3 is 5.97 Å². The van der Waals surface area contributed by atoms with E-state index >= 15 is 4.39 Å². The third-order valence-corrected chi connectivity index (χ3v) is 5.72. The topological polar surface area (TPSA) is 104 Å². The fourth-order valence-electron chi connectivity index (χ4n) is 2.96. The molecule has 0 fully saturated rings. The number of fused-ring (bicyclic) bond motifs is 1. The lowest BCUT2D eigenvalue weighted by Gasteiger charge is -2.19. The Labute approximate surface area is 173 Å². The van der Waals surface area contributed by atoms with Crippen LogP contribution in [0.1, 0.15) is 13.8 Å². The number of anilines is 1. The van der Waals surface area contributed by atoms with E-state index < -0.39 is 29.6 Å². The molecule has 0 aliphatic heterocycles. The number of carbonyl (C=O) groups is 1. The normalized spacial score (nSPS) is 13.3. The van der Waals surface area contributed by atoms with Crippen LogP contribution in [0.5, 0.6) is 0 Å². The van der Waals surface area contributed by atoms with Crippen molar-refractivity contribution < 1.29 is 18.7 Å². The van der Waals surface area contributed by atoms with Crippen molar-refractivity contribution in [2.45, 2.75) is 19.9 Å². The molecular formula is C20H17F2N5O2S. The van der Waals surface area contributed by atoms with E-state index in [0.717, 1.165) is 6.20 Å². The van der Waals surface area contributed by atoms with Crippen molar-refractivity contribution in [2.75, 3.05) is 5.32 Å². The van der Waals surface area contributed by atoms with E-state index in [-0.39, 0.29) is 17.3 Å². The molecule has 2 atom stereocenters. The third-order valence-electron chi connectivity index (χ3n) is 4.85. The Kier molecular flexibility index (Phi) is 5.17. The van der Waals surface area contributed by atoms with Gasteiger partial charge < -0.3 is 15.4 Å². The van der Waals surface area contributed by atoms with Crippen molar-refractivity contribution in [3.8, 4) is 22.0 Å². The number of rotatable bonds is 6. The predicted molar refractivity (Wildman–Crippen MR) is 110 cm³/mol. The summed E-state index contributed by atoms with van der Waals surface area (Å²) in [6.45, 7) is 3.16. The summed E-state index contributed by atoms with van der Waals surface area (Å²) < 4.78 is 29.0. The molecule has 154 valence electrons. The predicted octanol–water partition coefficient (Wildman–Crippen LogP) is 4.55. The average Bonchev–Trinajstić information content (AvgIpc) is 3.38. The molecule has 0 spiro atoms. The minimum absolute atomic E-state index is 0.0754. The molecule has 0 aliphatic carbocycles. The molecule has 0 saturated heterocycles. The number of thiophene rings is 1. The first kappa shape index (κ1) is 19.9. The highest BCUT2D eigenvalue weighted by atomic mass is 32.1. The lowest BCUT2D eigenvalue weighted by molar-refractivity contribution is -0.141. The van der Waals surface area contributed by atoms with Crippen LogP contribution in [0.4, 0.5) is 14.6 Å².